The molecule has 1 aromatic heterocycles. The molecule has 2 aliphatic heterocycles. The monoisotopic (exact) mass is 540 g/mol. The molecule has 4 rings (SSSR count). The van der Waals surface area contributed by atoms with Crippen LogP contribution < -0.4 is 4.74 Å². The summed E-state index contributed by atoms with van der Waals surface area (Å²) in [5.41, 5.74) is 0.998. The molecule has 0 saturated carbocycles. The average Bonchev–Trinajstić information content (AvgIpc) is 3.29. The van der Waals surface area contributed by atoms with Crippen molar-refractivity contribution in [3.05, 3.63) is 42.2 Å². The van der Waals surface area contributed by atoms with Crippen LogP contribution in [0.1, 0.15) is 43.0 Å². The smallest absolute Gasteiger partial charge is 0.454 e. The molecule has 3 heterocycles. The maximum Gasteiger partial charge on any atom is 0.454 e. The SMILES string of the molecule is C[C@@]1(C=O)CCCN1C(=O)c1ccc(-c2cnc(OCC3CCN(CC(F)(F)C(F)(F)F)CC3)cn2)cc1. The Morgan fingerprint density at radius 3 is 2.34 bits per heavy atom. The minimum absolute atomic E-state index is 0.00833. The summed E-state index contributed by atoms with van der Waals surface area (Å²) in [6.07, 6.45) is 0.554. The number of carbonyl (C=O) groups is 2. The fourth-order valence-corrected chi connectivity index (χ4v) is 4.81. The largest absolute Gasteiger partial charge is 0.476 e. The Morgan fingerprint density at radius 1 is 1.08 bits per heavy atom. The molecule has 2 saturated heterocycles. The highest BCUT2D eigenvalue weighted by Crippen LogP contribution is 2.36. The molecule has 7 nitrogen and oxygen atoms in total. The Balaban J connectivity index is 1.27. The Morgan fingerprint density at radius 2 is 1.76 bits per heavy atom. The fourth-order valence-electron chi connectivity index (χ4n) is 4.81. The highest BCUT2D eigenvalue weighted by molar-refractivity contribution is 5.97. The first-order chi connectivity index (χ1) is 17.9. The van der Waals surface area contributed by atoms with Crippen molar-refractivity contribution in [2.24, 2.45) is 5.92 Å². The number of hydrogen-bond donors (Lipinski definition) is 0. The van der Waals surface area contributed by atoms with Crippen molar-refractivity contribution in [2.45, 2.75) is 50.2 Å². The van der Waals surface area contributed by atoms with Crippen molar-refractivity contribution in [3.63, 3.8) is 0 Å². The summed E-state index contributed by atoms with van der Waals surface area (Å²) < 4.78 is 69.5. The first-order valence-corrected chi connectivity index (χ1v) is 12.4. The van der Waals surface area contributed by atoms with Gasteiger partial charge >= 0.3 is 12.1 Å². The van der Waals surface area contributed by atoms with E-state index in [4.69, 9.17) is 4.74 Å². The number of aldehydes is 1. The van der Waals surface area contributed by atoms with Crippen LogP contribution in [0.2, 0.25) is 0 Å². The molecule has 1 atom stereocenters. The molecule has 0 aliphatic carbocycles. The van der Waals surface area contributed by atoms with Crippen molar-refractivity contribution < 1.29 is 36.3 Å². The van der Waals surface area contributed by atoms with Gasteiger partial charge in [0.15, 0.2) is 0 Å². The molecule has 1 amide bonds. The molecule has 2 aromatic rings. The van der Waals surface area contributed by atoms with E-state index in [1.807, 2.05) is 0 Å². The van der Waals surface area contributed by atoms with E-state index in [9.17, 15) is 31.5 Å². The average molecular weight is 541 g/mol. The number of piperidine rings is 1. The van der Waals surface area contributed by atoms with Crippen LogP contribution in [-0.4, -0.2) is 82.4 Å². The third kappa shape index (κ3) is 6.11. The maximum atomic E-state index is 13.3. The molecule has 2 aliphatic rings. The summed E-state index contributed by atoms with van der Waals surface area (Å²) in [5, 5.41) is 0. The number of amides is 1. The van der Waals surface area contributed by atoms with Gasteiger partial charge in [-0.05, 0) is 63.7 Å². The van der Waals surface area contributed by atoms with E-state index >= 15 is 0 Å². The maximum absolute atomic E-state index is 13.3. The fraction of sp³-hybridized carbons (Fsp3) is 0.538. The molecule has 2 fully saturated rings. The van der Waals surface area contributed by atoms with E-state index in [1.54, 1.807) is 36.1 Å². The molecule has 0 bridgehead atoms. The Kier molecular flexibility index (Phi) is 8.01. The van der Waals surface area contributed by atoms with E-state index in [2.05, 4.69) is 9.97 Å². The molecule has 38 heavy (non-hydrogen) atoms. The van der Waals surface area contributed by atoms with Gasteiger partial charge in [0.05, 0.1) is 36.8 Å². The van der Waals surface area contributed by atoms with E-state index in [1.165, 1.54) is 12.4 Å². The number of ether oxygens (including phenoxy) is 1. The minimum atomic E-state index is -5.55. The summed E-state index contributed by atoms with van der Waals surface area (Å²) in [6, 6.07) is 6.87. The van der Waals surface area contributed by atoms with Crippen LogP contribution in [0.15, 0.2) is 36.7 Å². The van der Waals surface area contributed by atoms with Gasteiger partial charge in [-0.1, -0.05) is 12.1 Å². The minimum Gasteiger partial charge on any atom is -0.476 e. The Labute approximate surface area is 217 Å². The number of alkyl halides is 5. The number of nitrogens with zero attached hydrogens (tertiary/aromatic N) is 4. The predicted molar refractivity (Wildman–Crippen MR) is 128 cm³/mol. The number of halogens is 5. The van der Waals surface area contributed by atoms with Crippen molar-refractivity contribution in [2.75, 3.05) is 32.8 Å². The highest BCUT2D eigenvalue weighted by Gasteiger charge is 2.58. The van der Waals surface area contributed by atoms with Gasteiger partial charge in [0, 0.05) is 17.7 Å². The van der Waals surface area contributed by atoms with E-state index in [0.29, 0.717) is 37.1 Å². The van der Waals surface area contributed by atoms with Gasteiger partial charge in [-0.15, -0.1) is 0 Å². The Bertz CT molecular complexity index is 1120. The zero-order valence-corrected chi connectivity index (χ0v) is 20.9. The van der Waals surface area contributed by atoms with Gasteiger partial charge in [-0.2, -0.15) is 22.0 Å². The van der Waals surface area contributed by atoms with Crippen LogP contribution in [0.25, 0.3) is 11.3 Å². The van der Waals surface area contributed by atoms with Crippen LogP contribution >= 0.6 is 0 Å². The molecular formula is C26H29F5N4O3. The van der Waals surface area contributed by atoms with Gasteiger partial charge < -0.3 is 14.4 Å². The predicted octanol–water partition coefficient (Wildman–Crippen LogP) is 4.63. The molecule has 206 valence electrons. The lowest BCUT2D eigenvalue weighted by Gasteiger charge is -2.34. The second kappa shape index (κ2) is 10.9. The summed E-state index contributed by atoms with van der Waals surface area (Å²) in [4.78, 5) is 35.7. The number of carbonyl (C=O) groups excluding carboxylic acids is 2. The van der Waals surface area contributed by atoms with Crippen molar-refractivity contribution >= 4 is 12.2 Å². The molecule has 0 unspecified atom stereocenters. The molecule has 1 aromatic carbocycles. The second-order valence-electron chi connectivity index (χ2n) is 10.1. The van der Waals surface area contributed by atoms with Gasteiger partial charge in [-0.3, -0.25) is 9.69 Å². The van der Waals surface area contributed by atoms with E-state index < -0.39 is 24.2 Å². The van der Waals surface area contributed by atoms with Crippen molar-refractivity contribution in [1.29, 1.82) is 0 Å². The van der Waals surface area contributed by atoms with Crippen LogP contribution in [0, 0.1) is 5.92 Å². The van der Waals surface area contributed by atoms with Gasteiger partial charge in [0.2, 0.25) is 5.88 Å². The van der Waals surface area contributed by atoms with Crippen LogP contribution in [0.3, 0.4) is 0 Å². The third-order valence-electron chi connectivity index (χ3n) is 7.25. The van der Waals surface area contributed by atoms with E-state index in [-0.39, 0.29) is 37.4 Å². The highest BCUT2D eigenvalue weighted by atomic mass is 19.4. The Hall–Kier alpha value is -3.15. The molecule has 12 heteroatoms. The van der Waals surface area contributed by atoms with Crippen molar-refractivity contribution in [3.8, 4) is 17.1 Å². The first kappa shape index (κ1) is 27.9. The lowest BCUT2D eigenvalue weighted by atomic mass is 9.97. The topological polar surface area (TPSA) is 75.6 Å². The zero-order valence-electron chi connectivity index (χ0n) is 20.9. The standard InChI is InChI=1S/C26H29F5N4O3/c1-24(17-36)9-2-10-35(24)23(37)20-5-3-19(4-6-20)21-13-33-22(14-32-21)38-15-18-7-11-34(12-8-18)16-25(27,28)26(29,30)31/h3-6,13-14,17-18H,2,7-12,15-16H2,1H3/t24-/m0/s1. The normalized spacial score (nSPS) is 21.5. The van der Waals surface area contributed by atoms with Gasteiger partial charge in [0.25, 0.3) is 5.91 Å². The number of rotatable bonds is 8. The van der Waals surface area contributed by atoms with Crippen LogP contribution in [0.5, 0.6) is 5.88 Å². The lowest BCUT2D eigenvalue weighted by Crippen LogP contribution is -2.49. The summed E-state index contributed by atoms with van der Waals surface area (Å²) in [5.74, 6) is -4.64. The summed E-state index contributed by atoms with van der Waals surface area (Å²) in [6.45, 7) is 1.49. The van der Waals surface area contributed by atoms with Crippen molar-refractivity contribution in [1.82, 2.24) is 19.8 Å². The van der Waals surface area contributed by atoms with E-state index in [0.717, 1.165) is 23.2 Å². The van der Waals surface area contributed by atoms with Crippen LogP contribution in [-0.2, 0) is 4.79 Å². The number of aromatic nitrogens is 2. The summed E-state index contributed by atoms with van der Waals surface area (Å²) >= 11 is 0. The lowest BCUT2D eigenvalue weighted by molar-refractivity contribution is -0.287. The quantitative estimate of drug-likeness (QED) is 0.359. The molecular weight excluding hydrogens is 511 g/mol. The molecule has 0 N–H and O–H groups in total. The number of likely N-dealkylation sites (tertiary alicyclic amines) is 2. The van der Waals surface area contributed by atoms with Gasteiger partial charge in [0.1, 0.15) is 6.29 Å². The van der Waals surface area contributed by atoms with Crippen LogP contribution in [0.4, 0.5) is 22.0 Å². The molecule has 0 radical (unpaired) electrons. The first-order valence-electron chi connectivity index (χ1n) is 12.4. The summed E-state index contributed by atoms with van der Waals surface area (Å²) in [7, 11) is 0. The third-order valence-corrected chi connectivity index (χ3v) is 7.25. The zero-order chi connectivity index (χ0) is 27.6. The second-order valence-corrected chi connectivity index (χ2v) is 10.1. The molecule has 0 spiro atoms. The van der Waals surface area contributed by atoms with Gasteiger partial charge in [-0.25, -0.2) is 9.97 Å². The number of hydrogen-bond acceptors (Lipinski definition) is 6. The number of benzene rings is 1.